The maximum atomic E-state index is 4.46. The van der Waals surface area contributed by atoms with Crippen molar-refractivity contribution in [3.63, 3.8) is 0 Å². The van der Waals surface area contributed by atoms with Gasteiger partial charge in [0, 0.05) is 12.1 Å². The van der Waals surface area contributed by atoms with Crippen molar-refractivity contribution in [2.45, 2.75) is 50.6 Å². The van der Waals surface area contributed by atoms with Crippen LogP contribution < -0.4 is 0 Å². The molecule has 3 rings (SSSR count). The molecule has 1 unspecified atom stereocenters. The van der Waals surface area contributed by atoms with Crippen molar-refractivity contribution in [3.8, 4) is 0 Å². The van der Waals surface area contributed by atoms with Crippen LogP contribution in [0.2, 0.25) is 0 Å². The average molecular weight is 242 g/mol. The molecule has 1 atom stereocenters. The molecule has 0 bridgehead atoms. The number of nitrogens with zero attached hydrogens (tertiary/aromatic N) is 1. The van der Waals surface area contributed by atoms with E-state index in [2.05, 4.69) is 42.2 Å². The molecular weight excluding hydrogens is 218 g/mol. The van der Waals surface area contributed by atoms with Crippen LogP contribution in [0.3, 0.4) is 0 Å². The molecular formula is C17H24N. The van der Waals surface area contributed by atoms with E-state index in [1.165, 1.54) is 50.6 Å². The van der Waals surface area contributed by atoms with Gasteiger partial charge in [-0.25, -0.2) is 0 Å². The third-order valence-corrected chi connectivity index (χ3v) is 5.07. The van der Waals surface area contributed by atoms with Crippen LogP contribution in [0.15, 0.2) is 30.3 Å². The number of likely N-dealkylation sites (tertiary alicyclic amines) is 1. The first kappa shape index (κ1) is 12.2. The van der Waals surface area contributed by atoms with E-state index >= 15 is 0 Å². The van der Waals surface area contributed by atoms with Crippen LogP contribution in [0.4, 0.5) is 0 Å². The molecule has 2 fully saturated rings. The Morgan fingerprint density at radius 1 is 1.11 bits per heavy atom. The lowest BCUT2D eigenvalue weighted by atomic mass is 9.74. The monoisotopic (exact) mass is 242 g/mol. The fraction of sp³-hybridized carbons (Fsp3) is 0.588. The Morgan fingerprint density at radius 2 is 1.83 bits per heavy atom. The summed E-state index contributed by atoms with van der Waals surface area (Å²) in [4.78, 5) is 2.74. The SMILES string of the molecule is [CH2]C1CCN(Cc2ccccc2)C12CCCCC2. The predicted octanol–water partition coefficient (Wildman–Crippen LogP) is 4.05. The summed E-state index contributed by atoms with van der Waals surface area (Å²) in [6.07, 6.45) is 8.25. The van der Waals surface area contributed by atoms with Gasteiger partial charge in [0.1, 0.15) is 0 Å². The zero-order valence-corrected chi connectivity index (χ0v) is 11.3. The molecule has 1 saturated carbocycles. The quantitative estimate of drug-likeness (QED) is 0.756. The number of hydrogen-bond acceptors (Lipinski definition) is 1. The van der Waals surface area contributed by atoms with Crippen LogP contribution in [0.5, 0.6) is 0 Å². The Balaban J connectivity index is 1.78. The van der Waals surface area contributed by atoms with Crippen molar-refractivity contribution in [3.05, 3.63) is 42.8 Å². The van der Waals surface area contributed by atoms with Gasteiger partial charge in [0.15, 0.2) is 0 Å². The van der Waals surface area contributed by atoms with Crippen LogP contribution in [0.25, 0.3) is 0 Å². The van der Waals surface area contributed by atoms with Crippen LogP contribution >= 0.6 is 0 Å². The van der Waals surface area contributed by atoms with Crippen LogP contribution in [-0.4, -0.2) is 17.0 Å². The zero-order valence-electron chi connectivity index (χ0n) is 11.3. The highest BCUT2D eigenvalue weighted by atomic mass is 15.2. The summed E-state index contributed by atoms with van der Waals surface area (Å²) in [5.41, 5.74) is 1.88. The van der Waals surface area contributed by atoms with E-state index in [1.54, 1.807) is 0 Å². The summed E-state index contributed by atoms with van der Waals surface area (Å²) in [6.45, 7) is 6.82. The van der Waals surface area contributed by atoms with Crippen molar-refractivity contribution in [2.75, 3.05) is 6.54 Å². The third-order valence-electron chi connectivity index (χ3n) is 5.07. The summed E-state index contributed by atoms with van der Waals surface area (Å²) in [6, 6.07) is 10.9. The Labute approximate surface area is 111 Å². The van der Waals surface area contributed by atoms with Gasteiger partial charge in [0.25, 0.3) is 0 Å². The standard InChI is InChI=1S/C17H24N/c1-15-10-13-18(14-16-8-4-2-5-9-16)17(15)11-6-3-7-12-17/h2,4-5,8-9,15H,1,3,6-7,10-14H2. The highest BCUT2D eigenvalue weighted by Crippen LogP contribution is 2.45. The molecule has 1 nitrogen and oxygen atoms in total. The molecule has 1 aromatic rings. The summed E-state index contributed by atoms with van der Waals surface area (Å²) < 4.78 is 0. The molecule has 1 spiro atoms. The number of hydrogen-bond donors (Lipinski definition) is 0. The maximum Gasteiger partial charge on any atom is 0.0241 e. The van der Waals surface area contributed by atoms with E-state index in [1.807, 2.05) is 0 Å². The van der Waals surface area contributed by atoms with E-state index in [0.29, 0.717) is 11.5 Å². The number of rotatable bonds is 2. The molecule has 1 aliphatic carbocycles. The first-order valence-electron chi connectivity index (χ1n) is 7.43. The minimum absolute atomic E-state index is 0.425. The Hall–Kier alpha value is -0.820. The van der Waals surface area contributed by atoms with Gasteiger partial charge in [-0.1, -0.05) is 49.6 Å². The van der Waals surface area contributed by atoms with Crippen molar-refractivity contribution in [1.82, 2.24) is 4.90 Å². The number of benzene rings is 1. The summed E-state index contributed by atoms with van der Waals surface area (Å²) in [5, 5.41) is 0. The topological polar surface area (TPSA) is 3.24 Å². The van der Waals surface area contributed by atoms with E-state index in [4.69, 9.17) is 0 Å². The molecule has 0 N–H and O–H groups in total. The first-order valence-corrected chi connectivity index (χ1v) is 7.43. The largest absolute Gasteiger partial charge is 0.293 e. The maximum absolute atomic E-state index is 4.46. The fourth-order valence-electron chi connectivity index (χ4n) is 3.99. The summed E-state index contributed by atoms with van der Waals surface area (Å²) in [7, 11) is 0. The molecule has 97 valence electrons. The fourth-order valence-corrected chi connectivity index (χ4v) is 3.99. The van der Waals surface area contributed by atoms with Gasteiger partial charge in [-0.05, 0) is 44.2 Å². The summed E-state index contributed by atoms with van der Waals surface area (Å²) in [5.74, 6) is 0.640. The molecule has 1 radical (unpaired) electrons. The lowest BCUT2D eigenvalue weighted by Crippen LogP contribution is -2.48. The molecule has 1 aromatic carbocycles. The molecule has 2 aliphatic rings. The predicted molar refractivity (Wildman–Crippen MR) is 76.1 cm³/mol. The van der Waals surface area contributed by atoms with Crippen LogP contribution in [0.1, 0.15) is 44.1 Å². The second kappa shape index (κ2) is 5.05. The molecule has 1 saturated heterocycles. The highest BCUT2D eigenvalue weighted by molar-refractivity contribution is 5.16. The Morgan fingerprint density at radius 3 is 2.56 bits per heavy atom. The van der Waals surface area contributed by atoms with Crippen molar-refractivity contribution < 1.29 is 0 Å². The minimum Gasteiger partial charge on any atom is -0.293 e. The molecule has 18 heavy (non-hydrogen) atoms. The molecule has 0 amide bonds. The van der Waals surface area contributed by atoms with Gasteiger partial charge in [0.05, 0.1) is 0 Å². The lowest BCUT2D eigenvalue weighted by Gasteiger charge is -2.44. The summed E-state index contributed by atoms with van der Waals surface area (Å²) >= 11 is 0. The van der Waals surface area contributed by atoms with Crippen LogP contribution in [-0.2, 0) is 6.54 Å². The Kier molecular flexibility index (Phi) is 3.43. The van der Waals surface area contributed by atoms with Crippen molar-refractivity contribution in [2.24, 2.45) is 5.92 Å². The highest BCUT2D eigenvalue weighted by Gasteiger charge is 2.46. The smallest absolute Gasteiger partial charge is 0.0241 e. The zero-order chi connectivity index (χ0) is 12.4. The molecule has 1 heteroatoms. The second-order valence-electron chi connectivity index (χ2n) is 6.06. The van der Waals surface area contributed by atoms with Gasteiger partial charge >= 0.3 is 0 Å². The van der Waals surface area contributed by atoms with Gasteiger partial charge in [-0.15, -0.1) is 0 Å². The molecule has 1 aliphatic heterocycles. The van der Waals surface area contributed by atoms with Gasteiger partial charge < -0.3 is 0 Å². The average Bonchev–Trinajstić information content (AvgIpc) is 2.70. The van der Waals surface area contributed by atoms with E-state index in [9.17, 15) is 0 Å². The van der Waals surface area contributed by atoms with E-state index in [0.717, 1.165) is 6.54 Å². The first-order chi connectivity index (χ1) is 8.81. The van der Waals surface area contributed by atoms with Gasteiger partial charge in [-0.3, -0.25) is 4.90 Å². The molecule has 0 aromatic heterocycles. The minimum atomic E-state index is 0.425. The van der Waals surface area contributed by atoms with Crippen molar-refractivity contribution in [1.29, 1.82) is 0 Å². The van der Waals surface area contributed by atoms with Crippen molar-refractivity contribution >= 4 is 0 Å². The van der Waals surface area contributed by atoms with E-state index in [-0.39, 0.29) is 0 Å². The third kappa shape index (κ3) is 2.09. The normalized spacial score (nSPS) is 27.7. The van der Waals surface area contributed by atoms with E-state index < -0.39 is 0 Å². The van der Waals surface area contributed by atoms with Crippen LogP contribution in [0, 0.1) is 12.8 Å². The van der Waals surface area contributed by atoms with Gasteiger partial charge in [0.2, 0.25) is 0 Å². The Bertz CT molecular complexity index is 378. The lowest BCUT2D eigenvalue weighted by molar-refractivity contribution is 0.0643. The second-order valence-corrected chi connectivity index (χ2v) is 6.06. The molecule has 1 heterocycles. The van der Waals surface area contributed by atoms with Gasteiger partial charge in [-0.2, -0.15) is 0 Å².